The van der Waals surface area contributed by atoms with E-state index >= 15 is 0 Å². The highest BCUT2D eigenvalue weighted by Gasteiger charge is 2.17. The summed E-state index contributed by atoms with van der Waals surface area (Å²) in [7, 11) is 0. The number of rotatable bonds is 2. The highest BCUT2D eigenvalue weighted by molar-refractivity contribution is 5.81. The van der Waals surface area contributed by atoms with Crippen LogP contribution >= 0.6 is 0 Å². The molecule has 3 heterocycles. The van der Waals surface area contributed by atoms with Gasteiger partial charge >= 0.3 is 5.56 Å². The molecule has 0 radical (unpaired) electrons. The van der Waals surface area contributed by atoms with Gasteiger partial charge in [0, 0.05) is 16.8 Å². The van der Waals surface area contributed by atoms with E-state index in [-0.39, 0.29) is 11.5 Å². The molecular formula is C19H18N6O. The van der Waals surface area contributed by atoms with Gasteiger partial charge in [0.05, 0.1) is 17.6 Å². The number of nitrogens with zero attached hydrogens (tertiary/aromatic N) is 6. The van der Waals surface area contributed by atoms with E-state index < -0.39 is 0 Å². The largest absolute Gasteiger partial charge is 0.300 e. The lowest BCUT2D eigenvalue weighted by molar-refractivity contribution is 0.734. The minimum atomic E-state index is -0.298. The summed E-state index contributed by atoms with van der Waals surface area (Å²) in [5.74, 6) is 0.272. The summed E-state index contributed by atoms with van der Waals surface area (Å²) >= 11 is 0. The molecule has 4 rings (SSSR count). The van der Waals surface area contributed by atoms with Crippen LogP contribution in [0.5, 0.6) is 0 Å². The van der Waals surface area contributed by atoms with Gasteiger partial charge in [-0.3, -0.25) is 4.79 Å². The van der Waals surface area contributed by atoms with Gasteiger partial charge < -0.3 is 0 Å². The molecule has 0 fully saturated rings. The summed E-state index contributed by atoms with van der Waals surface area (Å²) in [6.07, 6.45) is 1.67. The average Bonchev–Trinajstić information content (AvgIpc) is 3.04. The Morgan fingerprint density at radius 3 is 2.19 bits per heavy atom. The Morgan fingerprint density at radius 2 is 1.54 bits per heavy atom. The maximum absolute atomic E-state index is 13.2. The second-order valence-corrected chi connectivity index (χ2v) is 6.41. The fourth-order valence-corrected chi connectivity index (χ4v) is 2.99. The molecule has 0 unspecified atom stereocenters. The fraction of sp³-hybridized carbons (Fsp3) is 0.211. The Morgan fingerprint density at radius 1 is 0.885 bits per heavy atom. The first kappa shape index (κ1) is 16.1. The first-order chi connectivity index (χ1) is 12.4. The van der Waals surface area contributed by atoms with Crippen LogP contribution in [0.15, 0.2) is 41.3 Å². The van der Waals surface area contributed by atoms with Crippen molar-refractivity contribution in [2.45, 2.75) is 27.7 Å². The summed E-state index contributed by atoms with van der Waals surface area (Å²) in [5.41, 5.74) is 4.39. The number of aryl methyl sites for hydroxylation is 4. The van der Waals surface area contributed by atoms with Crippen molar-refractivity contribution in [1.29, 1.82) is 0 Å². The molecule has 0 aliphatic carbocycles. The van der Waals surface area contributed by atoms with Gasteiger partial charge in [-0.15, -0.1) is 0 Å². The highest BCUT2D eigenvalue weighted by atomic mass is 16.1. The Kier molecular flexibility index (Phi) is 3.64. The molecule has 0 N–H and O–H groups in total. The lowest BCUT2D eigenvalue weighted by Crippen LogP contribution is -2.26. The van der Waals surface area contributed by atoms with E-state index in [9.17, 15) is 4.79 Å². The van der Waals surface area contributed by atoms with Crippen molar-refractivity contribution in [2.75, 3.05) is 0 Å². The summed E-state index contributed by atoms with van der Waals surface area (Å²) in [5, 5.41) is 9.53. The van der Waals surface area contributed by atoms with E-state index in [2.05, 4.69) is 20.2 Å². The first-order valence-corrected chi connectivity index (χ1v) is 8.31. The normalized spacial score (nSPS) is 11.2. The first-order valence-electron chi connectivity index (χ1n) is 8.31. The molecule has 0 saturated heterocycles. The smallest absolute Gasteiger partial charge is 0.265 e. The van der Waals surface area contributed by atoms with Crippen LogP contribution in [-0.2, 0) is 0 Å². The summed E-state index contributed by atoms with van der Waals surface area (Å²) in [6, 6.07) is 9.71. The molecule has 0 aliphatic heterocycles. The van der Waals surface area contributed by atoms with Crippen molar-refractivity contribution in [2.24, 2.45) is 0 Å². The van der Waals surface area contributed by atoms with E-state index in [1.807, 2.05) is 58.0 Å². The molecule has 0 amide bonds. The van der Waals surface area contributed by atoms with Gasteiger partial charge in [0.15, 0.2) is 0 Å². The van der Waals surface area contributed by atoms with Crippen molar-refractivity contribution in [1.82, 2.24) is 29.5 Å². The molecule has 26 heavy (non-hydrogen) atoms. The quantitative estimate of drug-likeness (QED) is 0.557. The molecule has 3 aromatic heterocycles. The van der Waals surface area contributed by atoms with Crippen LogP contribution in [0, 0.1) is 27.7 Å². The molecule has 0 bridgehead atoms. The number of benzene rings is 1. The monoisotopic (exact) mass is 346 g/mol. The van der Waals surface area contributed by atoms with Crippen LogP contribution in [0.4, 0.5) is 0 Å². The number of hydrogen-bond acceptors (Lipinski definition) is 5. The van der Waals surface area contributed by atoms with Crippen LogP contribution in [-0.4, -0.2) is 29.5 Å². The van der Waals surface area contributed by atoms with Crippen LogP contribution < -0.4 is 5.56 Å². The van der Waals surface area contributed by atoms with Crippen LogP contribution in [0.25, 0.3) is 22.5 Å². The van der Waals surface area contributed by atoms with Crippen LogP contribution in [0.1, 0.15) is 22.6 Å². The van der Waals surface area contributed by atoms with E-state index in [0.717, 1.165) is 28.0 Å². The molecular weight excluding hydrogens is 328 g/mol. The molecule has 4 aromatic rings. The minimum Gasteiger partial charge on any atom is -0.265 e. The van der Waals surface area contributed by atoms with E-state index in [1.54, 1.807) is 10.9 Å². The standard InChI is InChI=1S/C19H18N6O/c1-11-5-7-15(8-6-11)24-17-16(10-20-24)14(4)23-25(18(17)26)19-21-12(2)9-13(3)22-19/h5-10H,1-4H3. The maximum atomic E-state index is 13.2. The molecule has 0 aliphatic rings. The zero-order valence-corrected chi connectivity index (χ0v) is 15.1. The second-order valence-electron chi connectivity index (χ2n) is 6.41. The number of aromatic nitrogens is 6. The third-order valence-corrected chi connectivity index (χ3v) is 4.24. The highest BCUT2D eigenvalue weighted by Crippen LogP contribution is 2.18. The SMILES string of the molecule is Cc1ccc(-n2ncc3c(C)nn(-c4nc(C)cc(C)n4)c(=O)c32)cc1. The van der Waals surface area contributed by atoms with Gasteiger partial charge in [-0.05, 0) is 45.9 Å². The predicted octanol–water partition coefficient (Wildman–Crippen LogP) is 2.60. The van der Waals surface area contributed by atoms with Crippen molar-refractivity contribution in [3.05, 3.63) is 69.5 Å². The van der Waals surface area contributed by atoms with Gasteiger partial charge in [0.1, 0.15) is 5.52 Å². The fourth-order valence-electron chi connectivity index (χ4n) is 2.99. The Balaban J connectivity index is 2.03. The van der Waals surface area contributed by atoms with Crippen LogP contribution in [0.2, 0.25) is 0 Å². The molecule has 7 heteroatoms. The Hall–Kier alpha value is -3.35. The Labute approximate surface area is 150 Å². The number of hydrogen-bond donors (Lipinski definition) is 0. The van der Waals surface area contributed by atoms with E-state index in [4.69, 9.17) is 0 Å². The van der Waals surface area contributed by atoms with Gasteiger partial charge in [0.25, 0.3) is 5.95 Å². The topological polar surface area (TPSA) is 78.5 Å². The molecule has 130 valence electrons. The minimum absolute atomic E-state index is 0.272. The van der Waals surface area contributed by atoms with Crippen molar-refractivity contribution < 1.29 is 0 Å². The molecule has 0 spiro atoms. The van der Waals surface area contributed by atoms with Gasteiger partial charge in [-0.2, -0.15) is 14.9 Å². The third kappa shape index (κ3) is 2.57. The van der Waals surface area contributed by atoms with E-state index in [1.165, 1.54) is 4.68 Å². The van der Waals surface area contributed by atoms with Gasteiger partial charge in [-0.1, -0.05) is 17.7 Å². The Bertz CT molecular complexity index is 1170. The van der Waals surface area contributed by atoms with Crippen molar-refractivity contribution in [3.63, 3.8) is 0 Å². The average molecular weight is 346 g/mol. The zero-order chi connectivity index (χ0) is 18.4. The molecule has 0 saturated carbocycles. The van der Waals surface area contributed by atoms with Crippen LogP contribution in [0.3, 0.4) is 0 Å². The third-order valence-electron chi connectivity index (χ3n) is 4.24. The predicted molar refractivity (Wildman–Crippen MR) is 99.0 cm³/mol. The van der Waals surface area contributed by atoms with Gasteiger partial charge in [-0.25, -0.2) is 14.6 Å². The van der Waals surface area contributed by atoms with Gasteiger partial charge in [0.2, 0.25) is 0 Å². The summed E-state index contributed by atoms with van der Waals surface area (Å²) < 4.78 is 2.90. The van der Waals surface area contributed by atoms with Crippen molar-refractivity contribution >= 4 is 10.9 Å². The lowest BCUT2D eigenvalue weighted by Gasteiger charge is -2.08. The summed E-state index contributed by atoms with van der Waals surface area (Å²) in [4.78, 5) is 21.9. The van der Waals surface area contributed by atoms with E-state index in [0.29, 0.717) is 11.2 Å². The number of fused-ring (bicyclic) bond motifs is 1. The molecule has 7 nitrogen and oxygen atoms in total. The summed E-state index contributed by atoms with van der Waals surface area (Å²) in [6.45, 7) is 7.60. The molecule has 0 atom stereocenters. The lowest BCUT2D eigenvalue weighted by atomic mass is 10.2. The second kappa shape index (κ2) is 5.87. The molecule has 1 aromatic carbocycles. The maximum Gasteiger partial charge on any atom is 0.300 e. The zero-order valence-electron chi connectivity index (χ0n) is 15.1. The van der Waals surface area contributed by atoms with Crippen molar-refractivity contribution in [3.8, 4) is 11.6 Å².